The van der Waals surface area contributed by atoms with E-state index >= 15 is 0 Å². The van der Waals surface area contributed by atoms with Gasteiger partial charge in [0.15, 0.2) is 5.82 Å². The fourth-order valence-corrected chi connectivity index (χ4v) is 3.13. The minimum absolute atomic E-state index is 0.135. The molecule has 4 rings (SSSR count). The van der Waals surface area contributed by atoms with Gasteiger partial charge in [0.25, 0.3) is 17.5 Å². The average molecular weight is 356 g/mol. The summed E-state index contributed by atoms with van der Waals surface area (Å²) in [6, 6.07) is 7.30. The third kappa shape index (κ3) is 3.13. The Bertz CT molecular complexity index is 960. The molecule has 1 fully saturated rings. The quantitative estimate of drug-likeness (QED) is 0.549. The molecule has 9 heteroatoms. The largest absolute Gasteiger partial charge is 0.333 e. The van der Waals surface area contributed by atoms with Crippen molar-refractivity contribution in [2.24, 2.45) is 0 Å². The number of carbonyl (C=O) groups is 1. The molecular weight excluding hydrogens is 344 g/mol. The number of carbonyl (C=O) groups excluding carboxylic acids is 1. The van der Waals surface area contributed by atoms with E-state index in [4.69, 9.17) is 4.52 Å². The Morgan fingerprint density at radius 3 is 2.96 bits per heavy atom. The number of nitrogens with zero attached hydrogens (tertiary/aromatic N) is 3. The maximum atomic E-state index is 12.4. The van der Waals surface area contributed by atoms with Crippen LogP contribution in [0.3, 0.4) is 0 Å². The molecule has 0 spiro atoms. The normalized spacial score (nSPS) is 13.6. The maximum Gasteiger partial charge on any atom is 0.270 e. The molecule has 0 unspecified atom stereocenters. The minimum atomic E-state index is -0.537. The molecule has 2 aromatic heterocycles. The van der Waals surface area contributed by atoms with Crippen LogP contribution in [0.5, 0.6) is 0 Å². The van der Waals surface area contributed by atoms with Gasteiger partial charge < -0.3 is 9.84 Å². The van der Waals surface area contributed by atoms with E-state index in [1.165, 1.54) is 35.6 Å². The number of amides is 1. The lowest BCUT2D eigenvalue weighted by molar-refractivity contribution is -0.384. The Hall–Kier alpha value is -3.07. The zero-order chi connectivity index (χ0) is 17.4. The van der Waals surface area contributed by atoms with Gasteiger partial charge in [-0.2, -0.15) is 4.98 Å². The monoisotopic (exact) mass is 356 g/mol. The molecule has 1 aliphatic carbocycles. The van der Waals surface area contributed by atoms with Gasteiger partial charge in [-0.05, 0) is 30.4 Å². The van der Waals surface area contributed by atoms with Gasteiger partial charge in [0.2, 0.25) is 0 Å². The topological polar surface area (TPSA) is 111 Å². The molecule has 25 heavy (non-hydrogen) atoms. The third-order valence-corrected chi connectivity index (χ3v) is 4.71. The van der Waals surface area contributed by atoms with Crippen LogP contribution < -0.4 is 5.32 Å². The van der Waals surface area contributed by atoms with E-state index < -0.39 is 10.8 Å². The first kappa shape index (κ1) is 15.5. The number of hydrogen-bond donors (Lipinski definition) is 1. The Balaban J connectivity index is 1.57. The summed E-state index contributed by atoms with van der Waals surface area (Å²) in [5, 5.41) is 19.4. The number of anilines is 1. The number of nitrogens with one attached hydrogen (secondary N) is 1. The van der Waals surface area contributed by atoms with Gasteiger partial charge in [-0.25, -0.2) is 0 Å². The standard InChI is InChI=1S/C16H12N4O4S/c21-15(10-2-1-3-11(8-10)20(22)23)17-12-6-7-25-13(12)16-18-14(19-24-16)9-4-5-9/h1-3,6-9H,4-5H2,(H,17,21). The molecule has 8 nitrogen and oxygen atoms in total. The Labute approximate surface area is 145 Å². The summed E-state index contributed by atoms with van der Waals surface area (Å²) in [6.45, 7) is 0. The van der Waals surface area contributed by atoms with Gasteiger partial charge in [-0.3, -0.25) is 14.9 Å². The van der Waals surface area contributed by atoms with E-state index in [1.54, 1.807) is 11.4 Å². The number of non-ortho nitro benzene ring substituents is 1. The smallest absolute Gasteiger partial charge is 0.270 e. The van der Waals surface area contributed by atoms with E-state index in [0.717, 1.165) is 12.8 Å². The summed E-state index contributed by atoms with van der Waals surface area (Å²) < 4.78 is 5.30. The van der Waals surface area contributed by atoms with Crippen molar-refractivity contribution >= 4 is 28.6 Å². The minimum Gasteiger partial charge on any atom is -0.333 e. The highest BCUT2D eigenvalue weighted by Crippen LogP contribution is 2.40. The zero-order valence-corrected chi connectivity index (χ0v) is 13.7. The second-order valence-electron chi connectivity index (χ2n) is 5.66. The van der Waals surface area contributed by atoms with Crippen molar-refractivity contribution in [2.75, 3.05) is 5.32 Å². The van der Waals surface area contributed by atoms with Gasteiger partial charge in [0.1, 0.15) is 4.88 Å². The highest BCUT2D eigenvalue weighted by Gasteiger charge is 2.29. The SMILES string of the molecule is O=C(Nc1ccsc1-c1nc(C2CC2)no1)c1cccc([N+](=O)[O-])c1. The van der Waals surface area contributed by atoms with Gasteiger partial charge in [-0.15, -0.1) is 11.3 Å². The van der Waals surface area contributed by atoms with E-state index in [1.807, 2.05) is 0 Å². The lowest BCUT2D eigenvalue weighted by Crippen LogP contribution is -2.12. The zero-order valence-electron chi connectivity index (χ0n) is 12.8. The molecule has 2 heterocycles. The average Bonchev–Trinajstić information content (AvgIpc) is 3.16. The lowest BCUT2D eigenvalue weighted by Gasteiger charge is -2.04. The first-order valence-corrected chi connectivity index (χ1v) is 8.47. The van der Waals surface area contributed by atoms with Crippen LogP contribution in [0.1, 0.15) is 34.9 Å². The number of aromatic nitrogens is 2. The van der Waals surface area contributed by atoms with Crippen molar-refractivity contribution in [3.63, 3.8) is 0 Å². The van der Waals surface area contributed by atoms with E-state index in [-0.39, 0.29) is 11.3 Å². The molecular formula is C16H12N4O4S. The molecule has 1 N–H and O–H groups in total. The molecule has 1 aliphatic rings. The molecule has 0 bridgehead atoms. The molecule has 1 saturated carbocycles. The van der Waals surface area contributed by atoms with Crippen molar-refractivity contribution in [2.45, 2.75) is 18.8 Å². The van der Waals surface area contributed by atoms with Crippen LogP contribution in [0.2, 0.25) is 0 Å². The van der Waals surface area contributed by atoms with Crippen molar-refractivity contribution < 1.29 is 14.2 Å². The number of nitro groups is 1. The van der Waals surface area contributed by atoms with Gasteiger partial charge in [0, 0.05) is 23.6 Å². The summed E-state index contributed by atoms with van der Waals surface area (Å²) in [7, 11) is 0. The highest BCUT2D eigenvalue weighted by atomic mass is 32.1. The van der Waals surface area contributed by atoms with Crippen molar-refractivity contribution in [1.29, 1.82) is 0 Å². The first-order valence-electron chi connectivity index (χ1n) is 7.59. The summed E-state index contributed by atoms with van der Waals surface area (Å²) in [6.07, 6.45) is 2.14. The van der Waals surface area contributed by atoms with Crippen LogP contribution in [-0.4, -0.2) is 21.0 Å². The van der Waals surface area contributed by atoms with Crippen LogP contribution in [0, 0.1) is 10.1 Å². The second kappa shape index (κ2) is 6.10. The van der Waals surface area contributed by atoms with E-state index in [2.05, 4.69) is 15.5 Å². The summed E-state index contributed by atoms with van der Waals surface area (Å²) in [5.41, 5.74) is 0.604. The molecule has 0 atom stereocenters. The fourth-order valence-electron chi connectivity index (χ4n) is 2.36. The summed E-state index contributed by atoms with van der Waals surface area (Å²) in [4.78, 5) is 27.8. The van der Waals surface area contributed by atoms with Crippen LogP contribution >= 0.6 is 11.3 Å². The van der Waals surface area contributed by atoms with Crippen molar-refractivity contribution in [3.8, 4) is 10.8 Å². The predicted octanol–water partition coefficient (Wildman–Crippen LogP) is 3.84. The molecule has 0 aliphatic heterocycles. The van der Waals surface area contributed by atoms with Crippen LogP contribution in [0.4, 0.5) is 11.4 Å². The van der Waals surface area contributed by atoms with Crippen molar-refractivity contribution in [1.82, 2.24) is 10.1 Å². The number of rotatable bonds is 5. The van der Waals surface area contributed by atoms with Crippen molar-refractivity contribution in [3.05, 3.63) is 57.2 Å². The predicted molar refractivity (Wildman–Crippen MR) is 90.6 cm³/mol. The molecule has 0 saturated heterocycles. The van der Waals surface area contributed by atoms with Gasteiger partial charge in [-0.1, -0.05) is 11.2 Å². The molecule has 0 radical (unpaired) electrons. The fraction of sp³-hybridized carbons (Fsp3) is 0.188. The van der Waals surface area contributed by atoms with E-state index in [9.17, 15) is 14.9 Å². The second-order valence-corrected chi connectivity index (χ2v) is 6.57. The third-order valence-electron chi connectivity index (χ3n) is 3.81. The molecule has 1 amide bonds. The molecule has 3 aromatic rings. The number of thiophene rings is 1. The summed E-state index contributed by atoms with van der Waals surface area (Å²) >= 11 is 1.37. The molecule has 1 aromatic carbocycles. The molecule has 126 valence electrons. The Morgan fingerprint density at radius 2 is 2.20 bits per heavy atom. The van der Waals surface area contributed by atoms with Crippen LogP contribution in [0.15, 0.2) is 40.2 Å². The number of hydrogen-bond acceptors (Lipinski definition) is 7. The summed E-state index contributed by atoms with van der Waals surface area (Å²) in [5.74, 6) is 0.997. The Morgan fingerprint density at radius 1 is 1.36 bits per heavy atom. The van der Waals surface area contributed by atoms with Gasteiger partial charge >= 0.3 is 0 Å². The van der Waals surface area contributed by atoms with Crippen LogP contribution in [0.25, 0.3) is 10.8 Å². The highest BCUT2D eigenvalue weighted by molar-refractivity contribution is 7.14. The Kier molecular flexibility index (Phi) is 3.77. The lowest BCUT2D eigenvalue weighted by atomic mass is 10.2. The van der Waals surface area contributed by atoms with Gasteiger partial charge in [0.05, 0.1) is 10.6 Å². The number of benzene rings is 1. The number of nitro benzene ring substituents is 1. The van der Waals surface area contributed by atoms with E-state index in [0.29, 0.717) is 28.2 Å². The first-order chi connectivity index (χ1) is 12.1. The van der Waals surface area contributed by atoms with Crippen LogP contribution in [-0.2, 0) is 0 Å². The maximum absolute atomic E-state index is 12.4.